The molecule has 1 saturated carbocycles. The monoisotopic (exact) mass is 481 g/mol. The minimum Gasteiger partial charge on any atom is -0.329 e. The number of nitrogens with zero attached hydrogens (tertiary/aromatic N) is 3. The maximum absolute atomic E-state index is 13.9. The minimum atomic E-state index is -0.259. The van der Waals surface area contributed by atoms with Crippen molar-refractivity contribution in [3.05, 3.63) is 96.1 Å². The Labute approximate surface area is 212 Å². The van der Waals surface area contributed by atoms with Crippen LogP contribution in [0.1, 0.15) is 37.3 Å². The lowest BCUT2D eigenvalue weighted by Crippen LogP contribution is -2.49. The van der Waals surface area contributed by atoms with Crippen LogP contribution in [-0.2, 0) is 27.5 Å². The van der Waals surface area contributed by atoms with Gasteiger partial charge in [0.2, 0.25) is 17.7 Å². The van der Waals surface area contributed by atoms with E-state index in [1.54, 1.807) is 4.90 Å². The highest BCUT2D eigenvalue weighted by molar-refractivity contribution is 6.07. The molecule has 1 heterocycles. The molecule has 1 aliphatic heterocycles. The van der Waals surface area contributed by atoms with Gasteiger partial charge < -0.3 is 14.7 Å². The van der Waals surface area contributed by atoms with E-state index < -0.39 is 0 Å². The van der Waals surface area contributed by atoms with Crippen molar-refractivity contribution in [2.45, 2.75) is 45.3 Å². The molecular formula is C30H31N3O3. The molecule has 36 heavy (non-hydrogen) atoms. The highest BCUT2D eigenvalue weighted by atomic mass is 16.2. The zero-order valence-electron chi connectivity index (χ0n) is 20.5. The van der Waals surface area contributed by atoms with Gasteiger partial charge in [-0.2, -0.15) is 0 Å². The molecule has 2 aliphatic rings. The SMILES string of the molecule is CC(=O)N(CC(=O)N1c2ccccc2N(Cc2ccccc2)C(=O)C2CCCC21)Cc1ccccc1. The van der Waals surface area contributed by atoms with E-state index in [-0.39, 0.29) is 36.2 Å². The summed E-state index contributed by atoms with van der Waals surface area (Å²) in [4.78, 5) is 45.5. The summed E-state index contributed by atoms with van der Waals surface area (Å²) in [6.07, 6.45) is 2.42. The zero-order chi connectivity index (χ0) is 25.1. The van der Waals surface area contributed by atoms with Crippen LogP contribution in [0.2, 0.25) is 0 Å². The topological polar surface area (TPSA) is 60.9 Å². The van der Waals surface area contributed by atoms with Gasteiger partial charge in [-0.1, -0.05) is 79.2 Å². The fourth-order valence-electron chi connectivity index (χ4n) is 5.50. The molecule has 2 atom stereocenters. The lowest BCUT2D eigenvalue weighted by molar-refractivity contribution is -0.134. The average molecular weight is 482 g/mol. The molecule has 0 radical (unpaired) electrons. The number of carbonyl (C=O) groups is 3. The van der Waals surface area contributed by atoms with Crippen LogP contribution in [0.3, 0.4) is 0 Å². The summed E-state index contributed by atoms with van der Waals surface area (Å²) in [5.74, 6) is -0.498. The quantitative estimate of drug-likeness (QED) is 0.509. The molecule has 0 saturated heterocycles. The number of hydrogen-bond donors (Lipinski definition) is 0. The average Bonchev–Trinajstić information content (AvgIpc) is 3.34. The molecule has 6 heteroatoms. The number of benzene rings is 3. The van der Waals surface area contributed by atoms with Crippen molar-refractivity contribution in [2.75, 3.05) is 16.3 Å². The molecule has 3 aromatic rings. The largest absolute Gasteiger partial charge is 0.329 e. The van der Waals surface area contributed by atoms with E-state index in [1.165, 1.54) is 6.92 Å². The molecule has 6 nitrogen and oxygen atoms in total. The number of hydrogen-bond acceptors (Lipinski definition) is 3. The van der Waals surface area contributed by atoms with Crippen LogP contribution < -0.4 is 9.80 Å². The van der Waals surface area contributed by atoms with Crippen molar-refractivity contribution >= 4 is 29.1 Å². The van der Waals surface area contributed by atoms with Crippen LogP contribution in [0.5, 0.6) is 0 Å². The lowest BCUT2D eigenvalue weighted by Gasteiger charge is -2.32. The summed E-state index contributed by atoms with van der Waals surface area (Å²) in [5, 5.41) is 0. The Kier molecular flexibility index (Phi) is 6.85. The molecule has 0 spiro atoms. The number of anilines is 2. The first-order valence-electron chi connectivity index (χ1n) is 12.6. The number of rotatable bonds is 6. The van der Waals surface area contributed by atoms with Crippen LogP contribution >= 0.6 is 0 Å². The van der Waals surface area contributed by atoms with Gasteiger partial charge in [-0.3, -0.25) is 14.4 Å². The smallest absolute Gasteiger partial charge is 0.246 e. The van der Waals surface area contributed by atoms with E-state index in [0.29, 0.717) is 13.1 Å². The molecular weight excluding hydrogens is 450 g/mol. The van der Waals surface area contributed by atoms with E-state index in [4.69, 9.17) is 0 Å². The van der Waals surface area contributed by atoms with Gasteiger partial charge in [-0.15, -0.1) is 0 Å². The first-order valence-corrected chi connectivity index (χ1v) is 12.6. The van der Waals surface area contributed by atoms with Crippen molar-refractivity contribution in [1.82, 2.24) is 4.90 Å². The van der Waals surface area contributed by atoms with Crippen LogP contribution in [0.25, 0.3) is 0 Å². The highest BCUT2D eigenvalue weighted by Crippen LogP contribution is 2.43. The van der Waals surface area contributed by atoms with Gasteiger partial charge in [0, 0.05) is 19.5 Å². The van der Waals surface area contributed by atoms with Crippen molar-refractivity contribution in [3.8, 4) is 0 Å². The van der Waals surface area contributed by atoms with Crippen molar-refractivity contribution in [3.63, 3.8) is 0 Å². The molecule has 1 fully saturated rings. The fraction of sp³-hybridized carbons (Fsp3) is 0.300. The first kappa shape index (κ1) is 23.8. The summed E-state index contributed by atoms with van der Waals surface area (Å²) in [5.41, 5.74) is 3.50. The Balaban J connectivity index is 1.49. The van der Waals surface area contributed by atoms with Crippen molar-refractivity contribution in [1.29, 1.82) is 0 Å². The van der Waals surface area contributed by atoms with Crippen LogP contribution in [-0.4, -0.2) is 35.2 Å². The van der Waals surface area contributed by atoms with E-state index in [1.807, 2.05) is 94.7 Å². The van der Waals surface area contributed by atoms with Gasteiger partial charge in [0.1, 0.15) is 6.54 Å². The van der Waals surface area contributed by atoms with E-state index in [9.17, 15) is 14.4 Å². The predicted octanol–water partition coefficient (Wildman–Crippen LogP) is 4.78. The first-order chi connectivity index (χ1) is 17.5. The molecule has 2 unspecified atom stereocenters. The number of carbonyl (C=O) groups excluding carboxylic acids is 3. The second-order valence-corrected chi connectivity index (χ2v) is 9.63. The normalized spacial score (nSPS) is 18.9. The number of fused-ring (bicyclic) bond motifs is 2. The Bertz CT molecular complexity index is 1240. The third-order valence-electron chi connectivity index (χ3n) is 7.27. The standard InChI is InChI=1S/C30H31N3O3/c1-22(34)31(19-23-11-4-2-5-12-23)21-29(35)33-26-18-10-15-25(26)30(36)32(20-24-13-6-3-7-14-24)27-16-8-9-17-28(27)33/h2-9,11-14,16-17,25-26H,10,15,18-21H2,1H3. The lowest BCUT2D eigenvalue weighted by atomic mass is 10.0. The predicted molar refractivity (Wildman–Crippen MR) is 140 cm³/mol. The molecule has 0 bridgehead atoms. The van der Waals surface area contributed by atoms with Crippen molar-refractivity contribution < 1.29 is 14.4 Å². The van der Waals surface area contributed by atoms with Gasteiger partial charge >= 0.3 is 0 Å². The maximum Gasteiger partial charge on any atom is 0.246 e. The summed E-state index contributed by atoms with van der Waals surface area (Å²) >= 11 is 0. The number of amides is 3. The van der Waals surface area contributed by atoms with Gasteiger partial charge in [-0.05, 0) is 36.1 Å². The second-order valence-electron chi connectivity index (χ2n) is 9.63. The molecule has 3 amide bonds. The maximum atomic E-state index is 13.9. The molecule has 0 N–H and O–H groups in total. The van der Waals surface area contributed by atoms with Gasteiger partial charge in [0.05, 0.1) is 23.8 Å². The minimum absolute atomic E-state index is 0.0331. The van der Waals surface area contributed by atoms with E-state index in [2.05, 4.69) is 0 Å². The second kappa shape index (κ2) is 10.4. The summed E-state index contributed by atoms with van der Waals surface area (Å²) in [6.45, 7) is 2.28. The van der Waals surface area contributed by atoms with Gasteiger partial charge in [0.25, 0.3) is 0 Å². The molecule has 1 aliphatic carbocycles. The van der Waals surface area contributed by atoms with E-state index in [0.717, 1.165) is 41.8 Å². The molecule has 3 aromatic carbocycles. The molecule has 5 rings (SSSR count). The van der Waals surface area contributed by atoms with Crippen LogP contribution in [0.4, 0.5) is 11.4 Å². The summed E-state index contributed by atoms with van der Waals surface area (Å²) < 4.78 is 0. The molecule has 0 aromatic heterocycles. The fourth-order valence-corrected chi connectivity index (χ4v) is 5.50. The van der Waals surface area contributed by atoms with Crippen LogP contribution in [0.15, 0.2) is 84.9 Å². The number of para-hydroxylation sites is 2. The Morgan fingerprint density at radius 1 is 0.833 bits per heavy atom. The summed E-state index contributed by atoms with van der Waals surface area (Å²) in [6, 6.07) is 27.1. The molecule has 184 valence electrons. The van der Waals surface area contributed by atoms with Gasteiger partial charge in [0.15, 0.2) is 0 Å². The Hall–Kier alpha value is -3.93. The highest BCUT2D eigenvalue weighted by Gasteiger charge is 2.45. The Morgan fingerprint density at radius 3 is 2.11 bits per heavy atom. The van der Waals surface area contributed by atoms with E-state index >= 15 is 0 Å². The third-order valence-corrected chi connectivity index (χ3v) is 7.27. The zero-order valence-corrected chi connectivity index (χ0v) is 20.5. The van der Waals surface area contributed by atoms with Crippen molar-refractivity contribution in [2.24, 2.45) is 5.92 Å². The third kappa shape index (κ3) is 4.76. The van der Waals surface area contributed by atoms with Crippen LogP contribution in [0, 0.1) is 5.92 Å². The van der Waals surface area contributed by atoms with Gasteiger partial charge in [-0.25, -0.2) is 0 Å². The Morgan fingerprint density at radius 2 is 1.44 bits per heavy atom. The summed E-state index contributed by atoms with van der Waals surface area (Å²) in [7, 11) is 0.